The molecule has 0 saturated carbocycles. The summed E-state index contributed by atoms with van der Waals surface area (Å²) in [5.74, 6) is 0. The van der Waals surface area contributed by atoms with Gasteiger partial charge in [0.25, 0.3) is 0 Å². The summed E-state index contributed by atoms with van der Waals surface area (Å²) >= 11 is 0. The van der Waals surface area contributed by atoms with Crippen LogP contribution in [0, 0.1) is 0 Å². The first kappa shape index (κ1) is 25.1. The van der Waals surface area contributed by atoms with Crippen molar-refractivity contribution in [2.45, 2.75) is 9.79 Å². The Labute approximate surface area is 257 Å². The molecule has 0 amide bonds. The van der Waals surface area contributed by atoms with Gasteiger partial charge in [-0.2, -0.15) is 0 Å². The predicted molar refractivity (Wildman–Crippen MR) is 104 cm³/mol. The van der Waals surface area contributed by atoms with Crippen LogP contribution in [-0.4, -0.2) is 25.9 Å². The molecule has 6 nitrogen and oxygen atoms in total. The summed E-state index contributed by atoms with van der Waals surface area (Å²) in [6.07, 6.45) is 0. The molecule has 0 fully saturated rings. The van der Waals surface area contributed by atoms with E-state index in [4.69, 9.17) is 0 Å². The van der Waals surface area contributed by atoms with Crippen molar-refractivity contribution in [3.8, 4) is 0 Å². The van der Waals surface area contributed by atoms with E-state index in [1.54, 1.807) is 30.3 Å². The summed E-state index contributed by atoms with van der Waals surface area (Å²) in [6.45, 7) is 0. The number of hydrogen-bond acceptors (Lipinski definition) is 6. The van der Waals surface area contributed by atoms with E-state index in [2.05, 4.69) is 0 Å². The van der Waals surface area contributed by atoms with Gasteiger partial charge in [0.05, 0.1) is 9.79 Å². The van der Waals surface area contributed by atoms with Crippen LogP contribution in [0.15, 0.2) is 70.5 Å². The molecule has 0 atom stereocenters. The molecule has 0 aliphatic heterocycles. The van der Waals surface area contributed by atoms with Gasteiger partial charge in [-0.25, -0.2) is 16.8 Å². The standard InChI is InChI=1S/C20H12O6S2.2K/c21-27(22,23)16-10-12-6-3-8-14-13-7-1-4-11-5-2-9-15(17(11)13)19(18(12)14)20(16)28(24,25)26;;/h1-10H,(H,21,22,23)(H,24,25,26);;/q;2*+1/p-2. The van der Waals surface area contributed by atoms with Crippen LogP contribution in [0.5, 0.6) is 0 Å². The maximum atomic E-state index is 12.1. The molecule has 5 aromatic carbocycles. The summed E-state index contributed by atoms with van der Waals surface area (Å²) in [5.41, 5.74) is 0. The van der Waals surface area contributed by atoms with Gasteiger partial charge in [-0.3, -0.25) is 0 Å². The third-order valence-corrected chi connectivity index (χ3v) is 6.98. The first-order valence-electron chi connectivity index (χ1n) is 8.22. The third-order valence-electron chi connectivity index (χ3n) is 5.07. The van der Waals surface area contributed by atoms with E-state index in [9.17, 15) is 25.9 Å². The average Bonchev–Trinajstić information content (AvgIpc) is 2.63. The fraction of sp³-hybridized carbons (Fsp3) is 0. The van der Waals surface area contributed by atoms with Crippen molar-refractivity contribution in [1.29, 1.82) is 0 Å². The Balaban J connectivity index is 0.00000128. The minimum Gasteiger partial charge on any atom is -0.744 e. The van der Waals surface area contributed by atoms with Crippen LogP contribution in [0.4, 0.5) is 0 Å². The van der Waals surface area contributed by atoms with E-state index in [1.165, 1.54) is 0 Å². The monoisotopic (exact) mass is 488 g/mol. The first-order chi connectivity index (χ1) is 13.2. The van der Waals surface area contributed by atoms with Crippen molar-refractivity contribution >= 4 is 63.3 Å². The summed E-state index contributed by atoms with van der Waals surface area (Å²) in [4.78, 5) is -2.00. The Morgan fingerprint density at radius 2 is 1.07 bits per heavy atom. The minimum atomic E-state index is -5.26. The van der Waals surface area contributed by atoms with Crippen molar-refractivity contribution in [3.05, 3.63) is 60.7 Å². The zero-order chi connectivity index (χ0) is 19.8. The topological polar surface area (TPSA) is 114 Å². The van der Waals surface area contributed by atoms with Gasteiger partial charge in [0.15, 0.2) is 0 Å². The smallest absolute Gasteiger partial charge is 0.744 e. The van der Waals surface area contributed by atoms with Crippen LogP contribution >= 0.6 is 0 Å². The maximum absolute atomic E-state index is 12.1. The molecule has 5 rings (SSSR count). The Morgan fingerprint density at radius 3 is 1.60 bits per heavy atom. The Morgan fingerprint density at radius 1 is 0.567 bits per heavy atom. The van der Waals surface area contributed by atoms with E-state index < -0.39 is 30.0 Å². The van der Waals surface area contributed by atoms with Crippen molar-refractivity contribution < 1.29 is 129 Å². The van der Waals surface area contributed by atoms with Crippen LogP contribution in [-0.2, 0) is 20.2 Å². The normalized spacial score (nSPS) is 12.3. The van der Waals surface area contributed by atoms with Crippen LogP contribution < -0.4 is 103 Å². The fourth-order valence-electron chi connectivity index (χ4n) is 4.10. The molecule has 30 heavy (non-hydrogen) atoms. The molecule has 10 heteroatoms. The van der Waals surface area contributed by atoms with E-state index in [1.807, 2.05) is 24.3 Å². The molecule has 0 saturated heterocycles. The summed E-state index contributed by atoms with van der Waals surface area (Å²) in [6, 6.07) is 16.8. The second-order valence-corrected chi connectivity index (χ2v) is 9.26. The third kappa shape index (κ3) is 3.88. The summed E-state index contributed by atoms with van der Waals surface area (Å²) in [7, 11) is -10.5. The first-order valence-corrected chi connectivity index (χ1v) is 11.0. The number of hydrogen-bond donors (Lipinski definition) is 0. The van der Waals surface area contributed by atoms with E-state index in [-0.39, 0.29) is 108 Å². The molecule has 5 aromatic rings. The number of rotatable bonds is 2. The van der Waals surface area contributed by atoms with E-state index >= 15 is 0 Å². The fourth-order valence-corrected chi connectivity index (χ4v) is 6.08. The van der Waals surface area contributed by atoms with E-state index in [0.717, 1.165) is 16.8 Å². The maximum Gasteiger partial charge on any atom is 1.00 e. The minimum absolute atomic E-state index is 0. The molecule has 140 valence electrons. The molecule has 0 N–H and O–H groups in total. The zero-order valence-corrected chi connectivity index (χ0v) is 23.9. The molecule has 0 spiro atoms. The van der Waals surface area contributed by atoms with Gasteiger partial charge < -0.3 is 9.11 Å². The summed E-state index contributed by atoms with van der Waals surface area (Å²) < 4.78 is 71.9. The van der Waals surface area contributed by atoms with Gasteiger partial charge in [-0.15, -0.1) is 0 Å². The van der Waals surface area contributed by atoms with E-state index in [0.29, 0.717) is 26.9 Å². The SMILES string of the molecule is O=S(=O)([O-])c1cc2cccc3c4cccc5cccc(c(c1S(=O)(=O)[O-])c23)c54.[K+].[K+]. The van der Waals surface area contributed by atoms with Crippen LogP contribution in [0.25, 0.3) is 43.1 Å². The van der Waals surface area contributed by atoms with Crippen molar-refractivity contribution in [2.24, 2.45) is 0 Å². The molecule has 0 aliphatic carbocycles. The van der Waals surface area contributed by atoms with Gasteiger partial charge in [0, 0.05) is 5.39 Å². The second-order valence-electron chi connectivity index (χ2n) is 6.60. The Hall–Kier alpha value is 0.493. The largest absolute Gasteiger partial charge is 1.00 e. The molecule has 0 radical (unpaired) electrons. The molecule has 0 aromatic heterocycles. The van der Waals surface area contributed by atoms with Gasteiger partial charge in [0.1, 0.15) is 20.2 Å². The van der Waals surface area contributed by atoms with Crippen molar-refractivity contribution in [1.82, 2.24) is 0 Å². The van der Waals surface area contributed by atoms with Crippen molar-refractivity contribution in [3.63, 3.8) is 0 Å². The molecule has 0 unspecified atom stereocenters. The Bertz CT molecular complexity index is 1660. The van der Waals surface area contributed by atoms with Crippen LogP contribution in [0.3, 0.4) is 0 Å². The molecule has 0 aliphatic rings. The number of benzene rings is 5. The second kappa shape index (κ2) is 8.69. The molecule has 0 heterocycles. The Kier molecular flexibility index (Phi) is 7.28. The van der Waals surface area contributed by atoms with Crippen molar-refractivity contribution in [2.75, 3.05) is 0 Å². The van der Waals surface area contributed by atoms with Gasteiger partial charge in [-0.1, -0.05) is 54.6 Å². The summed E-state index contributed by atoms with van der Waals surface area (Å²) in [5, 5.41) is 4.24. The van der Waals surface area contributed by atoms with Gasteiger partial charge in [0.2, 0.25) is 0 Å². The quantitative estimate of drug-likeness (QED) is 0.118. The molecular formula is C20H10K2O6S2. The molecule has 0 bridgehead atoms. The predicted octanol–water partition coefficient (Wildman–Crippen LogP) is -2.45. The van der Waals surface area contributed by atoms with Crippen LogP contribution in [0.1, 0.15) is 0 Å². The average molecular weight is 489 g/mol. The zero-order valence-electron chi connectivity index (χ0n) is 16.0. The van der Waals surface area contributed by atoms with Crippen LogP contribution in [0.2, 0.25) is 0 Å². The molecular weight excluding hydrogens is 479 g/mol. The number of fused-ring (bicyclic) bond motifs is 2. The van der Waals surface area contributed by atoms with Gasteiger partial charge >= 0.3 is 103 Å². The van der Waals surface area contributed by atoms with Gasteiger partial charge in [-0.05, 0) is 43.8 Å².